The number of rotatable bonds is 6. The van der Waals surface area contributed by atoms with E-state index in [1.54, 1.807) is 0 Å². The van der Waals surface area contributed by atoms with Crippen LogP contribution in [0.25, 0.3) is 0 Å². The fourth-order valence-corrected chi connectivity index (χ4v) is 4.36. The van der Waals surface area contributed by atoms with Crippen LogP contribution in [0.5, 0.6) is 0 Å². The Hall–Kier alpha value is -1.58. The standard InChI is InChI=1S/C18H22BrN5O2S/c1-12-10-13(19)2-5-15(12)20-16(25)11-27-18-22-21-17(24(18)14-3-4-14)23-6-8-26-9-7-23/h2,5,10,14H,3-4,6-9,11H2,1H3,(H,20,25). The largest absolute Gasteiger partial charge is 0.378 e. The summed E-state index contributed by atoms with van der Waals surface area (Å²) in [4.78, 5) is 14.6. The van der Waals surface area contributed by atoms with Gasteiger partial charge in [-0.25, -0.2) is 0 Å². The van der Waals surface area contributed by atoms with Gasteiger partial charge in [0, 0.05) is 29.3 Å². The number of hydrogen-bond acceptors (Lipinski definition) is 6. The van der Waals surface area contributed by atoms with Gasteiger partial charge >= 0.3 is 0 Å². The predicted molar refractivity (Wildman–Crippen MR) is 110 cm³/mol. The Balaban J connectivity index is 1.42. The summed E-state index contributed by atoms with van der Waals surface area (Å²) >= 11 is 4.89. The van der Waals surface area contributed by atoms with Gasteiger partial charge in [-0.1, -0.05) is 27.7 Å². The number of carbonyl (C=O) groups is 1. The second kappa shape index (κ2) is 8.20. The molecule has 9 heteroatoms. The van der Waals surface area contributed by atoms with Crippen molar-refractivity contribution in [2.24, 2.45) is 0 Å². The molecule has 7 nitrogen and oxygen atoms in total. The van der Waals surface area contributed by atoms with Crippen molar-refractivity contribution < 1.29 is 9.53 Å². The number of amides is 1. The van der Waals surface area contributed by atoms with Crippen molar-refractivity contribution in [3.63, 3.8) is 0 Å². The lowest BCUT2D eigenvalue weighted by Crippen LogP contribution is -2.38. The quantitative estimate of drug-likeness (QED) is 0.679. The molecule has 2 fully saturated rings. The highest BCUT2D eigenvalue weighted by Crippen LogP contribution is 2.41. The van der Waals surface area contributed by atoms with E-state index >= 15 is 0 Å². The van der Waals surface area contributed by atoms with Crippen molar-refractivity contribution in [2.45, 2.75) is 31.0 Å². The Kier molecular flexibility index (Phi) is 5.70. The van der Waals surface area contributed by atoms with Crippen molar-refractivity contribution in [2.75, 3.05) is 42.3 Å². The van der Waals surface area contributed by atoms with Crippen molar-refractivity contribution in [1.29, 1.82) is 0 Å². The van der Waals surface area contributed by atoms with E-state index in [1.165, 1.54) is 11.8 Å². The normalized spacial score (nSPS) is 17.2. The van der Waals surface area contributed by atoms with Crippen molar-refractivity contribution in [3.05, 3.63) is 28.2 Å². The van der Waals surface area contributed by atoms with Gasteiger partial charge < -0.3 is 15.0 Å². The summed E-state index contributed by atoms with van der Waals surface area (Å²) in [6.45, 7) is 5.08. The van der Waals surface area contributed by atoms with E-state index in [4.69, 9.17) is 4.74 Å². The van der Waals surface area contributed by atoms with Gasteiger partial charge in [0.15, 0.2) is 5.16 Å². The zero-order valence-electron chi connectivity index (χ0n) is 15.2. The third-order valence-electron chi connectivity index (χ3n) is 4.65. The van der Waals surface area contributed by atoms with E-state index in [9.17, 15) is 4.79 Å². The van der Waals surface area contributed by atoms with Crippen LogP contribution in [0, 0.1) is 6.92 Å². The monoisotopic (exact) mass is 451 g/mol. The molecule has 0 atom stereocenters. The van der Waals surface area contributed by atoms with Crippen LogP contribution in [0.3, 0.4) is 0 Å². The Labute approximate surface area is 171 Å². The van der Waals surface area contributed by atoms with Crippen LogP contribution in [-0.2, 0) is 9.53 Å². The average molecular weight is 452 g/mol. The summed E-state index contributed by atoms with van der Waals surface area (Å²) in [6.07, 6.45) is 2.29. The van der Waals surface area contributed by atoms with Crippen LogP contribution in [0.4, 0.5) is 11.6 Å². The first-order valence-corrected chi connectivity index (χ1v) is 10.9. The molecule has 0 bridgehead atoms. The second-order valence-corrected chi connectivity index (χ2v) is 8.64. The van der Waals surface area contributed by atoms with Crippen LogP contribution in [0.15, 0.2) is 27.8 Å². The Morgan fingerprint density at radius 1 is 1.33 bits per heavy atom. The van der Waals surface area contributed by atoms with Crippen molar-refractivity contribution >= 4 is 45.2 Å². The first-order chi connectivity index (χ1) is 13.1. The molecule has 144 valence electrons. The van der Waals surface area contributed by atoms with Crippen LogP contribution < -0.4 is 10.2 Å². The minimum atomic E-state index is -0.0382. The maximum Gasteiger partial charge on any atom is 0.234 e. The third-order valence-corrected chi connectivity index (χ3v) is 6.08. The summed E-state index contributed by atoms with van der Waals surface area (Å²) < 4.78 is 8.64. The highest BCUT2D eigenvalue weighted by molar-refractivity contribution is 9.10. The second-order valence-electron chi connectivity index (χ2n) is 6.78. The summed E-state index contributed by atoms with van der Waals surface area (Å²) in [5.74, 6) is 1.18. The molecule has 27 heavy (non-hydrogen) atoms. The molecule has 0 spiro atoms. The molecule has 1 aromatic carbocycles. The number of aryl methyl sites for hydroxylation is 1. The van der Waals surface area contributed by atoms with E-state index in [0.29, 0.717) is 11.8 Å². The molecule has 1 N–H and O–H groups in total. The smallest absolute Gasteiger partial charge is 0.234 e. The molecule has 4 rings (SSSR count). The van der Waals surface area contributed by atoms with Gasteiger partial charge in [-0.05, 0) is 43.5 Å². The third kappa shape index (κ3) is 4.47. The minimum absolute atomic E-state index is 0.0382. The SMILES string of the molecule is Cc1cc(Br)ccc1NC(=O)CSc1nnc(N2CCOCC2)n1C1CC1. The Morgan fingerprint density at radius 2 is 2.11 bits per heavy atom. The summed E-state index contributed by atoms with van der Waals surface area (Å²) in [7, 11) is 0. The molecular weight excluding hydrogens is 430 g/mol. The van der Waals surface area contributed by atoms with Gasteiger partial charge in [0.05, 0.1) is 19.0 Å². The van der Waals surface area contributed by atoms with Crippen molar-refractivity contribution in [1.82, 2.24) is 14.8 Å². The van der Waals surface area contributed by atoms with Crippen LogP contribution >= 0.6 is 27.7 Å². The fourth-order valence-electron chi connectivity index (χ4n) is 3.08. The number of benzene rings is 1. The van der Waals surface area contributed by atoms with Crippen LogP contribution in [0.2, 0.25) is 0 Å². The number of ether oxygens (including phenoxy) is 1. The number of morpholine rings is 1. The lowest BCUT2D eigenvalue weighted by molar-refractivity contribution is -0.113. The molecule has 0 unspecified atom stereocenters. The van der Waals surface area contributed by atoms with Gasteiger partial charge in [-0.2, -0.15) is 0 Å². The topological polar surface area (TPSA) is 72.3 Å². The number of halogens is 1. The molecule has 1 aliphatic carbocycles. The van der Waals surface area contributed by atoms with Gasteiger partial charge in [0.25, 0.3) is 0 Å². The molecular formula is C18H22BrN5O2S. The predicted octanol–water partition coefficient (Wildman–Crippen LogP) is 3.25. The van der Waals surface area contributed by atoms with E-state index in [-0.39, 0.29) is 5.91 Å². The molecule has 2 heterocycles. The molecule has 1 saturated heterocycles. The molecule has 2 aromatic rings. The van der Waals surface area contributed by atoms with Crippen LogP contribution in [-0.4, -0.2) is 52.7 Å². The van der Waals surface area contributed by atoms with Gasteiger partial charge in [-0.3, -0.25) is 9.36 Å². The number of hydrogen-bond donors (Lipinski definition) is 1. The molecule has 1 amide bonds. The number of carbonyl (C=O) groups excluding carboxylic acids is 1. The molecule has 2 aliphatic rings. The summed E-state index contributed by atoms with van der Waals surface area (Å²) in [6, 6.07) is 6.28. The molecule has 1 aliphatic heterocycles. The average Bonchev–Trinajstić information content (AvgIpc) is 3.42. The fraction of sp³-hybridized carbons (Fsp3) is 0.500. The first kappa shape index (κ1) is 18.8. The number of aromatic nitrogens is 3. The van der Waals surface area contributed by atoms with Gasteiger partial charge in [0.2, 0.25) is 11.9 Å². The minimum Gasteiger partial charge on any atom is -0.378 e. The highest BCUT2D eigenvalue weighted by Gasteiger charge is 2.32. The van der Waals surface area contributed by atoms with E-state index in [0.717, 1.165) is 66.0 Å². The summed E-state index contributed by atoms with van der Waals surface area (Å²) in [5, 5.41) is 12.6. The van der Waals surface area contributed by atoms with Gasteiger partial charge in [0.1, 0.15) is 0 Å². The maximum atomic E-state index is 12.4. The molecule has 1 saturated carbocycles. The number of anilines is 2. The zero-order chi connectivity index (χ0) is 18.8. The number of nitrogens with zero attached hydrogens (tertiary/aromatic N) is 4. The van der Waals surface area contributed by atoms with E-state index in [1.807, 2.05) is 25.1 Å². The Bertz CT molecular complexity index is 833. The van der Waals surface area contributed by atoms with Crippen molar-refractivity contribution in [3.8, 4) is 0 Å². The van der Waals surface area contributed by atoms with E-state index < -0.39 is 0 Å². The van der Waals surface area contributed by atoms with E-state index in [2.05, 4.69) is 40.9 Å². The molecule has 0 radical (unpaired) electrons. The maximum absolute atomic E-state index is 12.4. The first-order valence-electron chi connectivity index (χ1n) is 9.08. The lowest BCUT2D eigenvalue weighted by Gasteiger charge is -2.27. The van der Waals surface area contributed by atoms with Gasteiger partial charge in [-0.15, -0.1) is 10.2 Å². The lowest BCUT2D eigenvalue weighted by atomic mass is 10.2. The Morgan fingerprint density at radius 3 is 2.81 bits per heavy atom. The zero-order valence-corrected chi connectivity index (χ0v) is 17.6. The summed E-state index contributed by atoms with van der Waals surface area (Å²) in [5.41, 5.74) is 1.86. The number of nitrogens with one attached hydrogen (secondary N) is 1. The highest BCUT2D eigenvalue weighted by atomic mass is 79.9. The van der Waals surface area contributed by atoms with Crippen LogP contribution in [0.1, 0.15) is 24.4 Å². The molecule has 1 aromatic heterocycles. The number of thioether (sulfide) groups is 1.